The predicted molar refractivity (Wildman–Crippen MR) is 500 cm³/mol. The molecule has 55 heteroatoms. The minimum Gasteiger partial charge on any atom is -0.481 e. The first-order valence-electron chi connectivity index (χ1n) is 45.7. The molecule has 3 rings (SSSR count). The molecule has 55 nitrogen and oxygen atoms in total. The number of hydrogen-bond acceptors (Lipinski definition) is 31. The Labute approximate surface area is 820 Å². The summed E-state index contributed by atoms with van der Waals surface area (Å²) in [6, 6.07) is -14.4. The van der Waals surface area contributed by atoms with Crippen LogP contribution in [0.5, 0.6) is 0 Å². The average Bonchev–Trinajstić information content (AvgIpc) is 1.69. The quantitative estimate of drug-likeness (QED) is 0.0233. The van der Waals surface area contributed by atoms with Crippen molar-refractivity contribution in [1.29, 1.82) is 0 Å². The number of hydrogen-bond donors (Lipinski definition) is 32. The van der Waals surface area contributed by atoms with Gasteiger partial charge in [-0.15, -0.1) is 0 Å². The highest BCUT2D eigenvalue weighted by molar-refractivity contribution is 6.03. The number of fused-ring (bicyclic) bond motifs is 1. The van der Waals surface area contributed by atoms with Crippen LogP contribution in [-0.4, -0.2) is 347 Å². The van der Waals surface area contributed by atoms with Crippen molar-refractivity contribution in [1.82, 2.24) is 101 Å². The second kappa shape index (κ2) is 61.2. The minimum absolute atomic E-state index is 0.0538. The van der Waals surface area contributed by atoms with Crippen LogP contribution in [0.2, 0.25) is 0 Å². The number of rotatable bonds is 65. The fourth-order valence-electron chi connectivity index (χ4n) is 13.8. The van der Waals surface area contributed by atoms with Crippen LogP contribution in [0.15, 0.2) is 60.8 Å². The van der Waals surface area contributed by atoms with E-state index >= 15 is 0 Å². The lowest BCUT2D eigenvalue weighted by molar-refractivity contribution is -0.144. The van der Waals surface area contributed by atoms with Crippen molar-refractivity contribution < 1.29 is 156 Å². The first kappa shape index (κ1) is 123. The Morgan fingerprint density at radius 1 is 0.364 bits per heavy atom. The Morgan fingerprint density at radius 2 is 0.741 bits per heavy atom. The molecule has 0 aliphatic heterocycles. The number of unbranched alkanes of at least 4 members (excludes halogenated alkanes) is 1. The van der Waals surface area contributed by atoms with Crippen molar-refractivity contribution in [2.45, 2.75) is 267 Å². The molecule has 2 aromatic carbocycles. The molecule has 0 bridgehead atoms. The van der Waals surface area contributed by atoms with E-state index in [2.05, 4.69) is 95.4 Å². The molecule has 0 spiro atoms. The zero-order valence-corrected chi connectivity index (χ0v) is 80.5. The third kappa shape index (κ3) is 42.8. The van der Waals surface area contributed by atoms with Crippen LogP contribution in [0.4, 0.5) is 0 Å². The number of benzene rings is 2. The number of aromatic nitrogens is 1. The van der Waals surface area contributed by atoms with Crippen LogP contribution in [-0.2, 0) is 123 Å². The molecule has 0 aliphatic rings. The molecule has 21 atom stereocenters. The van der Waals surface area contributed by atoms with Crippen LogP contribution >= 0.6 is 0 Å². The zero-order valence-electron chi connectivity index (χ0n) is 80.5. The summed E-state index contributed by atoms with van der Waals surface area (Å²) in [5, 5.41) is 132. The van der Waals surface area contributed by atoms with Gasteiger partial charge in [0.15, 0.2) is 0 Å². The molecule has 0 fully saturated rings. The highest BCUT2D eigenvalue weighted by Gasteiger charge is 2.42. The number of aliphatic carboxylic acids is 3. The number of nitrogens with two attached hydrogens (primary N) is 4. The van der Waals surface area contributed by atoms with Gasteiger partial charge in [0.05, 0.1) is 82.6 Å². The monoisotopic (exact) mass is 2030 g/mol. The lowest BCUT2D eigenvalue weighted by Crippen LogP contribution is -2.63. The number of aliphatic hydroxyl groups is 6. The van der Waals surface area contributed by atoms with Gasteiger partial charge in [0.2, 0.25) is 118 Å². The molecule has 3 aromatic rings. The highest BCUT2D eigenvalue weighted by Crippen LogP contribution is 2.21. The van der Waals surface area contributed by atoms with E-state index in [0.29, 0.717) is 16.5 Å². The van der Waals surface area contributed by atoms with Crippen molar-refractivity contribution in [2.75, 3.05) is 39.4 Å². The van der Waals surface area contributed by atoms with Crippen molar-refractivity contribution in [3.05, 3.63) is 71.9 Å². The van der Waals surface area contributed by atoms with Crippen molar-refractivity contribution >= 4 is 147 Å². The SMILES string of the molecule is CC[C@H](C)[C@H](NC(=O)[C@@H](NC(=O)[C@H](CO)NC(=O)CNC(=O)[C@H](CC(=O)O)NC(=O)[C@H](Cc1c[nH]c2ccccc12)NC(=O)[C@H](CC(=O)O)NC(=O)[C@H](CCC(N)=O)NC(=O)[C@H](CCCCN)NC(=O)[C@H](CC(C)C)NC(=O)CNC(=O)[C@H](Cc1ccccc1)NC(=O)[C@@H](NC(=O)CNC(=O)[C@@H](NC(=O)[C@@H](NC(=O)[C@@H](NC(=O)[C@@H](N)CC(N)=O)[C@@H](C)O)[C@@H](C)O)[C@@H](C)O)C(C)C)[C@@H](C)O)C(=O)N[C@@H](CO)C(=O)O. The molecule has 143 heavy (non-hydrogen) atoms. The molecule has 0 saturated heterocycles. The highest BCUT2D eigenvalue weighted by atomic mass is 16.4. The Hall–Kier alpha value is -14.5. The first-order chi connectivity index (χ1) is 67.1. The summed E-state index contributed by atoms with van der Waals surface area (Å²) < 4.78 is 0. The fourth-order valence-corrected chi connectivity index (χ4v) is 13.8. The molecule has 0 unspecified atom stereocenters. The summed E-state index contributed by atoms with van der Waals surface area (Å²) in [6.07, 6.45) is -10.7. The zero-order chi connectivity index (χ0) is 108. The molecular weight excluding hydrogens is 1890 g/mol. The number of amides is 20. The molecule has 36 N–H and O–H groups in total. The van der Waals surface area contributed by atoms with Gasteiger partial charge >= 0.3 is 17.9 Å². The van der Waals surface area contributed by atoms with E-state index in [1.54, 1.807) is 75.4 Å². The molecule has 0 aliphatic carbocycles. The average molecular weight is 2030 g/mol. The topological polar surface area (TPSA) is 911 Å². The summed E-state index contributed by atoms with van der Waals surface area (Å²) in [5.74, 6) is -30.6. The molecule has 794 valence electrons. The van der Waals surface area contributed by atoms with Crippen LogP contribution in [0.25, 0.3) is 10.9 Å². The summed E-state index contributed by atoms with van der Waals surface area (Å²) in [6.45, 7) is 8.48. The standard InChI is InChI=1S/C88H135N23O32/c1-11-41(6)68(84(138)105-59(38-113)88(142)143)107-85(139)71(44(9)116)109-81(135)58(37-112)98-63(121)35-95-75(129)56(31-65(123)124)102-79(133)55(29-47-33-93-50-22-16-15-21-48(47)50)101-80(134)57(32-66(125)126)103-77(131)52(24-25-60(91)118)100-76(130)51(23-17-18-26-89)99-78(132)53(27-39(2)3)97-62(120)34-94-74(128)54(28-46-19-13-12-14-20-46)104-83(137)67(40(4)5)106-64(122)36-96-82(136)69(42(7)114)110-87(141)72(45(10)117)111-86(140)70(43(8)115)108-73(127)49(90)30-61(92)119/h12-16,19-22,33,39-45,49,51-59,67-72,93,112-117H,11,17-18,23-32,34-38,89-90H2,1-10H3,(H2,91,118)(H2,92,119)(H,94,128)(H,95,129)(H,96,136)(H,97,120)(H,98,121)(H,99,132)(H,100,130)(H,101,134)(H,102,133)(H,103,131)(H,104,137)(H,105,138)(H,106,122)(H,107,139)(H,108,127)(H,109,135)(H,110,141)(H,111,140)(H,123,124)(H,125,126)(H,142,143)/t41-,42+,43+,44+,45+,49-,51-,52-,53-,54-,55-,56-,57-,58-,59-,67-,68-,69-,70-,71-,72-/m0/s1. The summed E-state index contributed by atoms with van der Waals surface area (Å²) in [5.41, 5.74) is 23.3. The Morgan fingerprint density at radius 3 is 1.21 bits per heavy atom. The van der Waals surface area contributed by atoms with Gasteiger partial charge in [-0.05, 0) is 101 Å². The number of primary amides is 2. The van der Waals surface area contributed by atoms with Gasteiger partial charge in [-0.2, -0.15) is 0 Å². The van der Waals surface area contributed by atoms with Crippen molar-refractivity contribution in [3.63, 3.8) is 0 Å². The molecule has 1 heterocycles. The summed E-state index contributed by atoms with van der Waals surface area (Å²) in [4.78, 5) is 313. The lowest BCUT2D eigenvalue weighted by Gasteiger charge is -2.29. The summed E-state index contributed by atoms with van der Waals surface area (Å²) in [7, 11) is 0. The van der Waals surface area contributed by atoms with Crippen molar-refractivity contribution in [3.8, 4) is 0 Å². The Balaban J connectivity index is 1.89. The summed E-state index contributed by atoms with van der Waals surface area (Å²) >= 11 is 0. The van der Waals surface area contributed by atoms with E-state index in [1.165, 1.54) is 27.0 Å². The van der Waals surface area contributed by atoms with Crippen LogP contribution in [0.3, 0.4) is 0 Å². The van der Waals surface area contributed by atoms with E-state index in [9.17, 15) is 156 Å². The number of aromatic amines is 1. The van der Waals surface area contributed by atoms with Gasteiger partial charge in [0.1, 0.15) is 90.6 Å². The number of para-hydroxylation sites is 1. The number of carbonyl (C=O) groups is 23. The van der Waals surface area contributed by atoms with Gasteiger partial charge < -0.3 is 170 Å². The second-order valence-corrected chi connectivity index (χ2v) is 34.7. The maximum atomic E-state index is 14.6. The Kier molecular flexibility index (Phi) is 52.5. The molecule has 0 saturated carbocycles. The molecule has 1 aromatic heterocycles. The normalized spacial score (nSPS) is 15.6. The van der Waals surface area contributed by atoms with Gasteiger partial charge in [0.25, 0.3) is 0 Å². The van der Waals surface area contributed by atoms with Crippen molar-refractivity contribution in [2.24, 2.45) is 40.7 Å². The number of H-pyrrole nitrogens is 1. The van der Waals surface area contributed by atoms with Crippen LogP contribution < -0.4 is 119 Å². The third-order valence-electron chi connectivity index (χ3n) is 21.9. The number of nitrogens with one attached hydrogen (secondary N) is 19. The van der Waals surface area contributed by atoms with E-state index < -0.39 is 346 Å². The third-order valence-corrected chi connectivity index (χ3v) is 21.9. The van der Waals surface area contributed by atoms with E-state index in [4.69, 9.17) is 22.9 Å². The molecule has 0 radical (unpaired) electrons. The van der Waals surface area contributed by atoms with Gasteiger partial charge in [0, 0.05) is 36.4 Å². The minimum atomic E-state index is -2.23. The predicted octanol–water partition coefficient (Wildman–Crippen LogP) is -12.5. The first-order valence-corrected chi connectivity index (χ1v) is 45.7. The number of carboxylic acid groups (broad SMARTS) is 3. The van der Waals surface area contributed by atoms with Gasteiger partial charge in [-0.25, -0.2) is 4.79 Å². The smallest absolute Gasteiger partial charge is 0.328 e. The maximum absolute atomic E-state index is 14.6. The molecule has 20 amide bonds. The lowest BCUT2D eigenvalue weighted by atomic mass is 9.97. The van der Waals surface area contributed by atoms with E-state index in [-0.39, 0.29) is 50.6 Å². The van der Waals surface area contributed by atoms with Crippen LogP contribution in [0.1, 0.15) is 145 Å². The van der Waals surface area contributed by atoms with E-state index in [0.717, 1.165) is 27.7 Å². The van der Waals surface area contributed by atoms with Gasteiger partial charge in [-0.3, -0.25) is 105 Å². The number of carbonyl (C=O) groups excluding carboxylic acids is 20. The van der Waals surface area contributed by atoms with Crippen LogP contribution in [0, 0.1) is 17.8 Å². The number of carboxylic acids is 3. The molecular formula is C88H135N23O32. The van der Waals surface area contributed by atoms with Gasteiger partial charge in [-0.1, -0.05) is 96.5 Å². The fraction of sp³-hybridized carbons (Fsp3) is 0.580. The maximum Gasteiger partial charge on any atom is 0.328 e. The largest absolute Gasteiger partial charge is 0.481 e. The Bertz CT molecular complexity index is 4920. The number of aliphatic hydroxyl groups excluding tert-OH is 6. The second-order valence-electron chi connectivity index (χ2n) is 34.7. The van der Waals surface area contributed by atoms with E-state index in [1.807, 2.05) is 5.32 Å².